The predicted octanol–water partition coefficient (Wildman–Crippen LogP) is -0.194. The standard InChI is InChI=1S/C10H21N3O/c1-10(2,8-9(14)11-3)13-6-4-12-5-7-13/h12H,4-8H2,1-3H3,(H,11,14). The topological polar surface area (TPSA) is 44.4 Å². The molecule has 1 rings (SSSR count). The van der Waals surface area contributed by atoms with E-state index in [1.165, 1.54) is 0 Å². The third kappa shape index (κ3) is 2.96. The molecular formula is C10H21N3O. The Bertz CT molecular complexity index is 198. The van der Waals surface area contributed by atoms with Gasteiger partial charge in [0.25, 0.3) is 0 Å². The predicted molar refractivity (Wildman–Crippen MR) is 57.2 cm³/mol. The SMILES string of the molecule is CNC(=O)CC(C)(C)N1CCNCC1. The Morgan fingerprint density at radius 2 is 2.00 bits per heavy atom. The highest BCUT2D eigenvalue weighted by Gasteiger charge is 2.29. The molecule has 0 aromatic carbocycles. The normalized spacial score (nSPS) is 19.4. The highest BCUT2D eigenvalue weighted by Crippen LogP contribution is 2.18. The molecule has 0 aliphatic carbocycles. The summed E-state index contributed by atoms with van der Waals surface area (Å²) < 4.78 is 0. The molecule has 0 radical (unpaired) electrons. The van der Waals surface area contributed by atoms with Crippen LogP contribution in [0.2, 0.25) is 0 Å². The van der Waals surface area contributed by atoms with E-state index in [9.17, 15) is 4.79 Å². The van der Waals surface area contributed by atoms with Gasteiger partial charge in [-0.15, -0.1) is 0 Å². The van der Waals surface area contributed by atoms with E-state index < -0.39 is 0 Å². The highest BCUT2D eigenvalue weighted by atomic mass is 16.1. The first-order valence-electron chi connectivity index (χ1n) is 5.22. The molecule has 0 bridgehead atoms. The van der Waals surface area contributed by atoms with Crippen LogP contribution in [0.4, 0.5) is 0 Å². The Hall–Kier alpha value is -0.610. The smallest absolute Gasteiger partial charge is 0.221 e. The maximum absolute atomic E-state index is 11.3. The van der Waals surface area contributed by atoms with Crippen molar-refractivity contribution in [3.05, 3.63) is 0 Å². The Morgan fingerprint density at radius 1 is 1.43 bits per heavy atom. The van der Waals surface area contributed by atoms with Crippen LogP contribution in [0.15, 0.2) is 0 Å². The second-order valence-corrected chi connectivity index (χ2v) is 4.40. The molecule has 1 aliphatic rings. The lowest BCUT2D eigenvalue weighted by Crippen LogP contribution is -2.54. The van der Waals surface area contributed by atoms with Gasteiger partial charge in [-0.3, -0.25) is 9.69 Å². The molecule has 0 aromatic heterocycles. The molecule has 1 saturated heterocycles. The molecule has 1 fully saturated rings. The Kier molecular flexibility index (Phi) is 3.89. The average molecular weight is 199 g/mol. The minimum absolute atomic E-state index is 0.0256. The van der Waals surface area contributed by atoms with Crippen molar-refractivity contribution in [3.63, 3.8) is 0 Å². The molecule has 4 heteroatoms. The van der Waals surface area contributed by atoms with Crippen molar-refractivity contribution in [2.24, 2.45) is 0 Å². The van der Waals surface area contributed by atoms with Crippen molar-refractivity contribution in [1.82, 2.24) is 15.5 Å². The van der Waals surface area contributed by atoms with Crippen LogP contribution >= 0.6 is 0 Å². The van der Waals surface area contributed by atoms with Crippen LogP contribution in [-0.2, 0) is 4.79 Å². The zero-order chi connectivity index (χ0) is 10.6. The molecule has 14 heavy (non-hydrogen) atoms. The van der Waals surface area contributed by atoms with Crippen LogP contribution in [0.5, 0.6) is 0 Å². The van der Waals surface area contributed by atoms with Gasteiger partial charge in [0.2, 0.25) is 5.91 Å². The third-order valence-electron chi connectivity index (χ3n) is 2.85. The second kappa shape index (κ2) is 4.75. The summed E-state index contributed by atoms with van der Waals surface area (Å²) in [6, 6.07) is 0. The van der Waals surface area contributed by atoms with Gasteiger partial charge in [0, 0.05) is 45.2 Å². The summed E-state index contributed by atoms with van der Waals surface area (Å²) in [5, 5.41) is 5.99. The van der Waals surface area contributed by atoms with Gasteiger partial charge in [-0.05, 0) is 13.8 Å². The number of carbonyl (C=O) groups excluding carboxylic acids is 1. The monoisotopic (exact) mass is 199 g/mol. The lowest BCUT2D eigenvalue weighted by molar-refractivity contribution is -0.123. The minimum atomic E-state index is -0.0256. The maximum Gasteiger partial charge on any atom is 0.221 e. The molecule has 0 atom stereocenters. The molecule has 82 valence electrons. The van der Waals surface area contributed by atoms with E-state index in [4.69, 9.17) is 0 Å². The van der Waals surface area contributed by atoms with Crippen molar-refractivity contribution >= 4 is 5.91 Å². The number of nitrogens with zero attached hydrogens (tertiary/aromatic N) is 1. The van der Waals surface area contributed by atoms with Crippen molar-refractivity contribution in [2.75, 3.05) is 33.2 Å². The summed E-state index contributed by atoms with van der Waals surface area (Å²) in [4.78, 5) is 13.7. The molecular weight excluding hydrogens is 178 g/mol. The Labute approximate surface area is 86.0 Å². The largest absolute Gasteiger partial charge is 0.359 e. The molecule has 0 aromatic rings. The van der Waals surface area contributed by atoms with E-state index >= 15 is 0 Å². The number of rotatable bonds is 3. The first-order valence-corrected chi connectivity index (χ1v) is 5.22. The van der Waals surface area contributed by atoms with Gasteiger partial charge in [0.05, 0.1) is 0 Å². The number of hydrogen-bond acceptors (Lipinski definition) is 3. The number of nitrogens with one attached hydrogen (secondary N) is 2. The highest BCUT2D eigenvalue weighted by molar-refractivity contribution is 5.76. The first kappa shape index (κ1) is 11.5. The third-order valence-corrected chi connectivity index (χ3v) is 2.85. The Balaban J connectivity index is 2.49. The summed E-state index contributed by atoms with van der Waals surface area (Å²) in [6.07, 6.45) is 0.573. The van der Waals surface area contributed by atoms with Gasteiger partial charge in [0.15, 0.2) is 0 Å². The van der Waals surface area contributed by atoms with E-state index in [1.54, 1.807) is 7.05 Å². The molecule has 2 N–H and O–H groups in total. The van der Waals surface area contributed by atoms with Gasteiger partial charge in [-0.1, -0.05) is 0 Å². The molecule has 0 spiro atoms. The van der Waals surface area contributed by atoms with Crippen LogP contribution in [-0.4, -0.2) is 49.6 Å². The number of hydrogen-bond donors (Lipinski definition) is 2. The van der Waals surface area contributed by atoms with Crippen molar-refractivity contribution in [2.45, 2.75) is 25.8 Å². The van der Waals surface area contributed by atoms with Gasteiger partial charge >= 0.3 is 0 Å². The van der Waals surface area contributed by atoms with Gasteiger partial charge in [-0.2, -0.15) is 0 Å². The zero-order valence-corrected chi connectivity index (χ0v) is 9.39. The fraction of sp³-hybridized carbons (Fsp3) is 0.900. The second-order valence-electron chi connectivity index (χ2n) is 4.40. The van der Waals surface area contributed by atoms with Crippen LogP contribution in [0, 0.1) is 0 Å². The van der Waals surface area contributed by atoms with E-state index in [0.29, 0.717) is 6.42 Å². The number of piperazine rings is 1. The fourth-order valence-corrected chi connectivity index (χ4v) is 1.86. The first-order chi connectivity index (χ1) is 6.56. The maximum atomic E-state index is 11.3. The number of carbonyl (C=O) groups is 1. The Morgan fingerprint density at radius 3 is 2.50 bits per heavy atom. The summed E-state index contributed by atoms with van der Waals surface area (Å²) in [7, 11) is 1.69. The summed E-state index contributed by atoms with van der Waals surface area (Å²) in [5.74, 6) is 0.119. The quantitative estimate of drug-likeness (QED) is 0.662. The van der Waals surface area contributed by atoms with Gasteiger partial charge in [-0.25, -0.2) is 0 Å². The van der Waals surface area contributed by atoms with Crippen LogP contribution in [0.25, 0.3) is 0 Å². The molecule has 1 aliphatic heterocycles. The van der Waals surface area contributed by atoms with E-state index in [2.05, 4.69) is 29.4 Å². The molecule has 1 amide bonds. The average Bonchev–Trinajstić information content (AvgIpc) is 2.18. The van der Waals surface area contributed by atoms with Crippen molar-refractivity contribution in [1.29, 1.82) is 0 Å². The van der Waals surface area contributed by atoms with Crippen LogP contribution in [0.1, 0.15) is 20.3 Å². The van der Waals surface area contributed by atoms with Gasteiger partial charge in [0.1, 0.15) is 0 Å². The molecule has 4 nitrogen and oxygen atoms in total. The van der Waals surface area contributed by atoms with E-state index in [0.717, 1.165) is 26.2 Å². The zero-order valence-electron chi connectivity index (χ0n) is 9.39. The lowest BCUT2D eigenvalue weighted by Gasteiger charge is -2.40. The lowest BCUT2D eigenvalue weighted by atomic mass is 9.97. The van der Waals surface area contributed by atoms with Crippen molar-refractivity contribution in [3.8, 4) is 0 Å². The van der Waals surface area contributed by atoms with Gasteiger partial charge < -0.3 is 10.6 Å². The van der Waals surface area contributed by atoms with E-state index in [-0.39, 0.29) is 11.4 Å². The minimum Gasteiger partial charge on any atom is -0.359 e. The number of amides is 1. The molecule has 0 unspecified atom stereocenters. The van der Waals surface area contributed by atoms with Crippen LogP contribution < -0.4 is 10.6 Å². The summed E-state index contributed by atoms with van der Waals surface area (Å²) in [6.45, 7) is 8.38. The molecule has 0 saturated carbocycles. The fourth-order valence-electron chi connectivity index (χ4n) is 1.86. The summed E-state index contributed by atoms with van der Waals surface area (Å²) in [5.41, 5.74) is -0.0256. The molecule has 1 heterocycles. The van der Waals surface area contributed by atoms with E-state index in [1.807, 2.05) is 0 Å². The summed E-state index contributed by atoms with van der Waals surface area (Å²) >= 11 is 0. The van der Waals surface area contributed by atoms with Crippen LogP contribution in [0.3, 0.4) is 0 Å². The van der Waals surface area contributed by atoms with Crippen molar-refractivity contribution < 1.29 is 4.79 Å².